The van der Waals surface area contributed by atoms with E-state index in [-0.39, 0.29) is 35.6 Å². The van der Waals surface area contributed by atoms with Gasteiger partial charge in [-0.2, -0.15) is 0 Å². The Morgan fingerprint density at radius 1 is 1.14 bits per heavy atom. The maximum Gasteiger partial charge on any atom is 0.407 e. The summed E-state index contributed by atoms with van der Waals surface area (Å²) in [6.45, 7) is 11.4. The molecule has 2 bridgehead atoms. The van der Waals surface area contributed by atoms with Crippen molar-refractivity contribution in [3.8, 4) is 22.6 Å². The molecule has 1 amide bonds. The van der Waals surface area contributed by atoms with Crippen LogP contribution in [0.1, 0.15) is 52.1 Å². The van der Waals surface area contributed by atoms with Crippen molar-refractivity contribution >= 4 is 6.09 Å². The predicted molar refractivity (Wildman–Crippen MR) is 132 cm³/mol. The minimum Gasteiger partial charge on any atom is -0.493 e. The summed E-state index contributed by atoms with van der Waals surface area (Å²) >= 11 is 0. The second-order valence-electron chi connectivity index (χ2n) is 11.0. The van der Waals surface area contributed by atoms with Gasteiger partial charge >= 0.3 is 6.09 Å². The quantitative estimate of drug-likeness (QED) is 0.605. The summed E-state index contributed by atoms with van der Waals surface area (Å²) in [7, 11) is 0. The molecule has 0 radical (unpaired) electrons. The molecule has 4 aliphatic heterocycles. The lowest BCUT2D eigenvalue weighted by atomic mass is 9.78. The minimum atomic E-state index is -0.376. The highest BCUT2D eigenvalue weighted by molar-refractivity contribution is 5.71. The van der Waals surface area contributed by atoms with Gasteiger partial charge in [0.25, 0.3) is 0 Å². The molecule has 7 heteroatoms. The maximum atomic E-state index is 14.3. The number of carbonyl (C=O) groups excluding carboxylic acids is 1. The predicted octanol–water partition coefficient (Wildman–Crippen LogP) is 5.56. The van der Waals surface area contributed by atoms with Gasteiger partial charge in [0, 0.05) is 23.6 Å². The van der Waals surface area contributed by atoms with Crippen molar-refractivity contribution in [3.63, 3.8) is 0 Å². The van der Waals surface area contributed by atoms with Gasteiger partial charge in [0.05, 0.1) is 18.8 Å². The number of benzene rings is 2. The smallest absolute Gasteiger partial charge is 0.407 e. The second kappa shape index (κ2) is 9.34. The molecule has 188 valence electrons. The summed E-state index contributed by atoms with van der Waals surface area (Å²) in [6.07, 6.45) is 1.72. The first-order valence-electron chi connectivity index (χ1n) is 12.6. The van der Waals surface area contributed by atoms with Crippen LogP contribution in [0.2, 0.25) is 0 Å². The third-order valence-corrected chi connectivity index (χ3v) is 7.40. The highest BCUT2D eigenvalue weighted by Gasteiger charge is 2.41. The van der Waals surface area contributed by atoms with E-state index < -0.39 is 0 Å². The molecule has 4 aliphatic rings. The Labute approximate surface area is 206 Å². The molecule has 3 fully saturated rings. The lowest BCUT2D eigenvalue weighted by Crippen LogP contribution is -2.53. The molecule has 0 saturated carbocycles. The number of amides is 1. The fraction of sp³-hybridized carbons (Fsp3) is 0.536. The zero-order valence-electron chi connectivity index (χ0n) is 21.0. The van der Waals surface area contributed by atoms with Crippen LogP contribution in [-0.2, 0) is 4.74 Å². The van der Waals surface area contributed by atoms with Gasteiger partial charge in [-0.15, -0.1) is 0 Å². The van der Waals surface area contributed by atoms with Gasteiger partial charge in [0.1, 0.15) is 23.4 Å². The van der Waals surface area contributed by atoms with Crippen LogP contribution in [0.3, 0.4) is 0 Å². The number of alkyl carbamates (subject to hydrolysis) is 1. The Kier molecular flexibility index (Phi) is 6.38. The highest BCUT2D eigenvalue weighted by Crippen LogP contribution is 2.44. The molecule has 2 aromatic carbocycles. The fourth-order valence-corrected chi connectivity index (χ4v) is 5.52. The largest absolute Gasteiger partial charge is 0.493 e. The number of fused-ring (bicyclic) bond motifs is 4. The summed E-state index contributed by atoms with van der Waals surface area (Å²) in [5.74, 6) is 1.28. The molecule has 2 atom stereocenters. The van der Waals surface area contributed by atoms with Gasteiger partial charge in [-0.3, -0.25) is 4.90 Å². The van der Waals surface area contributed by atoms with Gasteiger partial charge in [-0.05, 0) is 75.0 Å². The summed E-state index contributed by atoms with van der Waals surface area (Å²) in [4.78, 5) is 15.3. The van der Waals surface area contributed by atoms with Crippen LogP contribution in [-0.4, -0.2) is 49.4 Å². The Morgan fingerprint density at radius 2 is 1.91 bits per heavy atom. The van der Waals surface area contributed by atoms with Crippen molar-refractivity contribution in [2.45, 2.75) is 58.8 Å². The van der Waals surface area contributed by atoms with E-state index in [2.05, 4.69) is 24.1 Å². The van der Waals surface area contributed by atoms with E-state index in [9.17, 15) is 9.18 Å². The third-order valence-electron chi connectivity index (χ3n) is 7.40. The number of halogens is 1. The zero-order chi connectivity index (χ0) is 24.7. The van der Waals surface area contributed by atoms with Crippen molar-refractivity contribution in [3.05, 3.63) is 47.8 Å². The lowest BCUT2D eigenvalue weighted by Gasteiger charge is -2.44. The van der Waals surface area contributed by atoms with Crippen LogP contribution in [0.25, 0.3) is 11.1 Å². The first kappa shape index (κ1) is 23.9. The SMILES string of the molecule is CC(C)Oc1cc(F)cc(-c2ccc3c(c2)OCC(C)(C)C3NC(=O)O[C@@H]2CN3CCC2CC3)c1. The van der Waals surface area contributed by atoms with E-state index in [1.165, 1.54) is 12.1 Å². The number of carbonyl (C=O) groups is 1. The molecule has 1 unspecified atom stereocenters. The van der Waals surface area contributed by atoms with Crippen LogP contribution in [0.5, 0.6) is 11.5 Å². The van der Waals surface area contributed by atoms with E-state index in [1.807, 2.05) is 38.1 Å². The number of ether oxygens (including phenoxy) is 3. The van der Waals surface area contributed by atoms with E-state index in [4.69, 9.17) is 14.2 Å². The van der Waals surface area contributed by atoms with E-state index in [0.717, 1.165) is 43.6 Å². The van der Waals surface area contributed by atoms with E-state index in [1.54, 1.807) is 0 Å². The van der Waals surface area contributed by atoms with Crippen molar-refractivity contribution in [2.75, 3.05) is 26.2 Å². The summed E-state index contributed by atoms with van der Waals surface area (Å²) < 4.78 is 32.0. The van der Waals surface area contributed by atoms with Crippen molar-refractivity contribution in [2.24, 2.45) is 11.3 Å². The maximum absolute atomic E-state index is 14.3. The van der Waals surface area contributed by atoms with Crippen molar-refractivity contribution in [1.82, 2.24) is 10.2 Å². The van der Waals surface area contributed by atoms with Gasteiger partial charge in [0.15, 0.2) is 0 Å². The van der Waals surface area contributed by atoms with Gasteiger partial charge in [-0.1, -0.05) is 26.0 Å². The molecule has 4 heterocycles. The highest BCUT2D eigenvalue weighted by atomic mass is 19.1. The zero-order valence-corrected chi connectivity index (χ0v) is 21.0. The standard InChI is InChI=1S/C28H35FN2O4/c1-17(2)34-22-12-20(11-21(29)14-22)19-5-6-23-24(13-19)33-16-28(3,4)26(23)30-27(32)35-25-15-31-9-7-18(25)8-10-31/h5-6,11-14,17-18,25-26H,7-10,15-16H2,1-4H3,(H,30,32)/t25-,26?/m1/s1. The van der Waals surface area contributed by atoms with Crippen LogP contribution >= 0.6 is 0 Å². The summed E-state index contributed by atoms with van der Waals surface area (Å²) in [5, 5.41) is 3.13. The Bertz CT molecular complexity index is 1090. The number of piperidine rings is 3. The van der Waals surface area contributed by atoms with Gasteiger partial charge in [-0.25, -0.2) is 9.18 Å². The average Bonchev–Trinajstić information content (AvgIpc) is 2.80. The normalized spacial score (nSPS) is 26.6. The number of nitrogens with zero attached hydrogens (tertiary/aromatic N) is 1. The molecular formula is C28H35FN2O4. The third kappa shape index (κ3) is 5.10. The minimum absolute atomic E-state index is 0.0440. The molecule has 0 aliphatic carbocycles. The first-order valence-corrected chi connectivity index (χ1v) is 12.6. The topological polar surface area (TPSA) is 60.0 Å². The summed E-state index contributed by atoms with van der Waals surface area (Å²) in [5.41, 5.74) is 2.11. The van der Waals surface area contributed by atoms with Gasteiger partial charge < -0.3 is 19.5 Å². The van der Waals surface area contributed by atoms with Gasteiger partial charge in [0.2, 0.25) is 0 Å². The number of hydrogen-bond donors (Lipinski definition) is 1. The Hall–Kier alpha value is -2.80. The molecule has 0 spiro atoms. The average molecular weight is 483 g/mol. The Balaban J connectivity index is 1.36. The molecule has 3 saturated heterocycles. The fourth-order valence-electron chi connectivity index (χ4n) is 5.52. The van der Waals surface area contributed by atoms with E-state index >= 15 is 0 Å². The van der Waals surface area contributed by atoms with Crippen LogP contribution in [0.4, 0.5) is 9.18 Å². The van der Waals surface area contributed by atoms with Crippen molar-refractivity contribution < 1.29 is 23.4 Å². The Morgan fingerprint density at radius 3 is 2.60 bits per heavy atom. The second-order valence-corrected chi connectivity index (χ2v) is 11.0. The molecule has 35 heavy (non-hydrogen) atoms. The molecule has 0 aromatic heterocycles. The van der Waals surface area contributed by atoms with Crippen LogP contribution in [0, 0.1) is 17.2 Å². The molecule has 2 aromatic rings. The van der Waals surface area contributed by atoms with Crippen molar-refractivity contribution in [1.29, 1.82) is 0 Å². The van der Waals surface area contributed by atoms with Crippen LogP contribution in [0.15, 0.2) is 36.4 Å². The molecule has 1 N–H and O–H groups in total. The van der Waals surface area contributed by atoms with Crippen LogP contribution < -0.4 is 14.8 Å². The monoisotopic (exact) mass is 482 g/mol. The molecular weight excluding hydrogens is 447 g/mol. The van der Waals surface area contributed by atoms with E-state index in [0.29, 0.717) is 29.6 Å². The summed E-state index contributed by atoms with van der Waals surface area (Å²) in [6, 6.07) is 10.2. The number of nitrogens with one attached hydrogen (secondary N) is 1. The molecule has 6 rings (SSSR count). The first-order chi connectivity index (χ1) is 16.7. The molecule has 6 nitrogen and oxygen atoms in total. The lowest BCUT2D eigenvalue weighted by molar-refractivity contribution is -0.0361. The number of hydrogen-bond acceptors (Lipinski definition) is 5. The number of rotatable bonds is 5.